The van der Waals surface area contributed by atoms with Crippen LogP contribution in [0.4, 0.5) is 0 Å². The molecule has 15 heavy (non-hydrogen) atoms. The van der Waals surface area contributed by atoms with Crippen molar-refractivity contribution in [1.29, 1.82) is 0 Å². The van der Waals surface area contributed by atoms with Gasteiger partial charge in [-0.3, -0.25) is 4.99 Å². The van der Waals surface area contributed by atoms with E-state index >= 15 is 0 Å². The van der Waals surface area contributed by atoms with Gasteiger partial charge in [0.05, 0.1) is 0 Å². The third-order valence-electron chi connectivity index (χ3n) is 2.18. The molecule has 0 spiro atoms. The van der Waals surface area contributed by atoms with Crippen molar-refractivity contribution in [2.24, 2.45) is 4.99 Å². The van der Waals surface area contributed by atoms with E-state index in [9.17, 15) is 0 Å². The molecule has 2 N–H and O–H groups in total. The highest BCUT2D eigenvalue weighted by molar-refractivity contribution is 14.0. The molecule has 84 valence electrons. The number of halogens is 1. The largest absolute Gasteiger partial charge is 0.356 e. The Labute approximate surface area is 111 Å². The van der Waals surface area contributed by atoms with Crippen LogP contribution in [0.5, 0.6) is 0 Å². The third kappa shape index (κ3) is 4.38. The molecule has 0 radical (unpaired) electrons. The normalized spacial score (nSPS) is 14.8. The number of rotatable bonds is 3. The highest BCUT2D eigenvalue weighted by Gasteiger charge is 2.02. The summed E-state index contributed by atoms with van der Waals surface area (Å²) in [6.07, 6.45) is 2.22. The van der Waals surface area contributed by atoms with E-state index in [2.05, 4.69) is 32.5 Å². The van der Waals surface area contributed by atoms with Crippen LogP contribution >= 0.6 is 35.3 Å². The first-order valence-electron chi connectivity index (χ1n) is 4.98. The van der Waals surface area contributed by atoms with Gasteiger partial charge in [0.25, 0.3) is 0 Å². The molecule has 0 bridgehead atoms. The molecule has 0 unspecified atom stereocenters. The van der Waals surface area contributed by atoms with Crippen molar-refractivity contribution in [1.82, 2.24) is 10.6 Å². The second-order valence-corrected chi connectivity index (χ2v) is 4.10. The molecular formula is C10H16IN3S. The molecule has 0 saturated heterocycles. The minimum atomic E-state index is 0. The Morgan fingerprint density at radius 1 is 1.53 bits per heavy atom. The Kier molecular flexibility index (Phi) is 6.00. The lowest BCUT2D eigenvalue weighted by Gasteiger charge is -2.15. The maximum atomic E-state index is 4.35. The van der Waals surface area contributed by atoms with Crippen LogP contribution in [0.1, 0.15) is 12.0 Å². The predicted molar refractivity (Wildman–Crippen MR) is 76.4 cm³/mol. The molecule has 1 aliphatic heterocycles. The van der Waals surface area contributed by atoms with Gasteiger partial charge in [-0.05, 0) is 35.2 Å². The zero-order chi connectivity index (χ0) is 9.64. The van der Waals surface area contributed by atoms with Crippen LogP contribution in [-0.4, -0.2) is 25.6 Å². The van der Waals surface area contributed by atoms with Crippen molar-refractivity contribution in [3.8, 4) is 0 Å². The van der Waals surface area contributed by atoms with Crippen molar-refractivity contribution < 1.29 is 0 Å². The quantitative estimate of drug-likeness (QED) is 0.826. The first-order chi connectivity index (χ1) is 6.95. The van der Waals surface area contributed by atoms with Crippen molar-refractivity contribution in [2.45, 2.75) is 12.8 Å². The van der Waals surface area contributed by atoms with Gasteiger partial charge in [0.2, 0.25) is 0 Å². The van der Waals surface area contributed by atoms with Gasteiger partial charge in [-0.15, -0.1) is 24.0 Å². The van der Waals surface area contributed by atoms with Crippen LogP contribution in [0.15, 0.2) is 21.8 Å². The minimum absolute atomic E-state index is 0. The smallest absolute Gasteiger partial charge is 0.191 e. The summed E-state index contributed by atoms with van der Waals surface area (Å²) >= 11 is 1.75. The highest BCUT2D eigenvalue weighted by Crippen LogP contribution is 2.05. The van der Waals surface area contributed by atoms with E-state index in [1.807, 2.05) is 0 Å². The average Bonchev–Trinajstić information content (AvgIpc) is 2.72. The van der Waals surface area contributed by atoms with Crippen LogP contribution in [0.3, 0.4) is 0 Å². The standard InChI is InChI=1S/C10H15N3S.HI/c1-4-11-10(12-5-1)13-6-2-9-3-7-14-8-9;/h3,7-8H,1-2,4-6H2,(H2,11,12,13);1H. The zero-order valence-electron chi connectivity index (χ0n) is 8.53. The van der Waals surface area contributed by atoms with E-state index in [1.54, 1.807) is 11.3 Å². The van der Waals surface area contributed by atoms with Gasteiger partial charge in [-0.1, -0.05) is 0 Å². The lowest BCUT2D eigenvalue weighted by Crippen LogP contribution is -2.41. The zero-order valence-corrected chi connectivity index (χ0v) is 11.7. The molecule has 0 atom stereocenters. The fourth-order valence-corrected chi connectivity index (χ4v) is 2.11. The Hall–Kier alpha value is -0.300. The van der Waals surface area contributed by atoms with Crippen molar-refractivity contribution in [2.75, 3.05) is 19.6 Å². The summed E-state index contributed by atoms with van der Waals surface area (Å²) in [5, 5.41) is 10.9. The Bertz CT molecular complexity index is 298. The molecule has 3 nitrogen and oxygen atoms in total. The average molecular weight is 337 g/mol. The number of nitrogens with zero attached hydrogens (tertiary/aromatic N) is 1. The van der Waals surface area contributed by atoms with E-state index in [0.717, 1.165) is 38.4 Å². The minimum Gasteiger partial charge on any atom is -0.356 e. The molecular weight excluding hydrogens is 321 g/mol. The van der Waals surface area contributed by atoms with Gasteiger partial charge >= 0.3 is 0 Å². The molecule has 5 heteroatoms. The second-order valence-electron chi connectivity index (χ2n) is 3.32. The van der Waals surface area contributed by atoms with E-state index in [1.165, 1.54) is 5.56 Å². The Morgan fingerprint density at radius 2 is 2.47 bits per heavy atom. The van der Waals surface area contributed by atoms with E-state index in [0.29, 0.717) is 0 Å². The van der Waals surface area contributed by atoms with Gasteiger partial charge in [-0.25, -0.2) is 0 Å². The fraction of sp³-hybridized carbons (Fsp3) is 0.500. The topological polar surface area (TPSA) is 36.4 Å². The molecule has 0 amide bonds. The first kappa shape index (κ1) is 12.8. The van der Waals surface area contributed by atoms with Gasteiger partial charge in [0, 0.05) is 19.6 Å². The molecule has 1 aliphatic rings. The van der Waals surface area contributed by atoms with Crippen LogP contribution in [0.2, 0.25) is 0 Å². The van der Waals surface area contributed by atoms with Crippen molar-refractivity contribution in [3.63, 3.8) is 0 Å². The number of nitrogens with one attached hydrogen (secondary N) is 2. The van der Waals surface area contributed by atoms with Gasteiger partial charge in [-0.2, -0.15) is 11.3 Å². The molecule has 0 aliphatic carbocycles. The Balaban J connectivity index is 0.00000112. The van der Waals surface area contributed by atoms with E-state index in [4.69, 9.17) is 0 Å². The van der Waals surface area contributed by atoms with Crippen LogP contribution in [-0.2, 0) is 6.42 Å². The molecule has 0 saturated carbocycles. The third-order valence-corrected chi connectivity index (χ3v) is 2.92. The summed E-state index contributed by atoms with van der Waals surface area (Å²) in [5.74, 6) is 0.964. The van der Waals surface area contributed by atoms with Crippen LogP contribution in [0, 0.1) is 0 Å². The SMILES string of the molecule is I.c1cc(CCNC2=NCCCN2)cs1. The molecule has 2 heterocycles. The first-order valence-corrected chi connectivity index (χ1v) is 5.93. The summed E-state index contributed by atoms with van der Waals surface area (Å²) in [5.41, 5.74) is 1.40. The monoisotopic (exact) mass is 337 g/mol. The predicted octanol–water partition coefficient (Wildman–Crippen LogP) is 1.85. The molecule has 0 fully saturated rings. The maximum Gasteiger partial charge on any atom is 0.191 e. The van der Waals surface area contributed by atoms with Gasteiger partial charge in [0.15, 0.2) is 5.96 Å². The van der Waals surface area contributed by atoms with Gasteiger partial charge in [0.1, 0.15) is 0 Å². The molecule has 0 aromatic carbocycles. The van der Waals surface area contributed by atoms with Crippen molar-refractivity contribution in [3.05, 3.63) is 22.4 Å². The maximum absolute atomic E-state index is 4.35. The van der Waals surface area contributed by atoms with E-state index in [-0.39, 0.29) is 24.0 Å². The summed E-state index contributed by atoms with van der Waals surface area (Å²) < 4.78 is 0. The van der Waals surface area contributed by atoms with Gasteiger partial charge < -0.3 is 10.6 Å². The van der Waals surface area contributed by atoms with Crippen LogP contribution < -0.4 is 10.6 Å². The summed E-state index contributed by atoms with van der Waals surface area (Å²) in [4.78, 5) is 4.35. The summed E-state index contributed by atoms with van der Waals surface area (Å²) in [7, 11) is 0. The summed E-state index contributed by atoms with van der Waals surface area (Å²) in [6, 6.07) is 2.17. The number of hydrogen-bond acceptors (Lipinski definition) is 4. The molecule has 1 aromatic heterocycles. The molecule has 2 rings (SSSR count). The lowest BCUT2D eigenvalue weighted by molar-refractivity contribution is 0.700. The van der Waals surface area contributed by atoms with E-state index < -0.39 is 0 Å². The molecule has 1 aromatic rings. The van der Waals surface area contributed by atoms with Crippen LogP contribution in [0.25, 0.3) is 0 Å². The van der Waals surface area contributed by atoms with Crippen molar-refractivity contribution >= 4 is 41.3 Å². The Morgan fingerprint density at radius 3 is 3.13 bits per heavy atom. The number of aliphatic imine (C=N–C) groups is 1. The number of guanidine groups is 1. The highest BCUT2D eigenvalue weighted by atomic mass is 127. The summed E-state index contributed by atoms with van der Waals surface area (Å²) in [6.45, 7) is 2.96. The second kappa shape index (κ2) is 7.05. The lowest BCUT2D eigenvalue weighted by atomic mass is 10.2. The number of thiophene rings is 1. The number of hydrogen-bond donors (Lipinski definition) is 2. The fourth-order valence-electron chi connectivity index (χ4n) is 1.41.